The highest BCUT2D eigenvalue weighted by Crippen LogP contribution is 2.33. The predicted molar refractivity (Wildman–Crippen MR) is 110 cm³/mol. The van der Waals surface area contributed by atoms with Gasteiger partial charge in [0, 0.05) is 0 Å². The first-order valence-electron chi connectivity index (χ1n) is 9.64. The number of esters is 2. The van der Waals surface area contributed by atoms with Gasteiger partial charge in [-0.3, -0.25) is 9.59 Å². The van der Waals surface area contributed by atoms with Crippen LogP contribution in [-0.4, -0.2) is 11.9 Å². The van der Waals surface area contributed by atoms with E-state index in [1.165, 1.54) is 0 Å². The van der Waals surface area contributed by atoms with Crippen LogP contribution in [0.15, 0.2) is 48.5 Å². The Bertz CT molecular complexity index is 790. The second-order valence-electron chi connectivity index (χ2n) is 7.96. The number of carbonyl (C=O) groups is 2. The number of hydrogen-bond acceptors (Lipinski definition) is 4. The van der Waals surface area contributed by atoms with Crippen LogP contribution in [0.2, 0.25) is 0 Å². The summed E-state index contributed by atoms with van der Waals surface area (Å²) in [4.78, 5) is 25.2. The average molecular weight is 383 g/mol. The van der Waals surface area contributed by atoms with E-state index in [4.69, 9.17) is 9.47 Å². The van der Waals surface area contributed by atoms with Crippen LogP contribution >= 0.6 is 0 Å². The van der Waals surface area contributed by atoms with E-state index in [2.05, 4.69) is 0 Å². The van der Waals surface area contributed by atoms with Gasteiger partial charge in [0.25, 0.3) is 0 Å². The first-order chi connectivity index (χ1) is 13.2. The summed E-state index contributed by atoms with van der Waals surface area (Å²) in [6, 6.07) is 15.6. The van der Waals surface area contributed by atoms with E-state index < -0.39 is 11.4 Å². The lowest BCUT2D eigenvalue weighted by Crippen LogP contribution is -2.37. The number of ether oxygens (including phenoxy) is 2. The molecule has 0 spiro atoms. The third-order valence-electron chi connectivity index (χ3n) is 5.26. The van der Waals surface area contributed by atoms with Gasteiger partial charge in [-0.15, -0.1) is 0 Å². The minimum absolute atomic E-state index is 0.0107. The third kappa shape index (κ3) is 5.95. The lowest BCUT2D eigenvalue weighted by atomic mass is 9.76. The molecule has 4 heteroatoms. The molecule has 0 fully saturated rings. The van der Waals surface area contributed by atoms with Gasteiger partial charge in [-0.1, -0.05) is 73.5 Å². The molecule has 2 rings (SSSR count). The van der Waals surface area contributed by atoms with Crippen molar-refractivity contribution in [1.29, 1.82) is 0 Å². The van der Waals surface area contributed by atoms with E-state index in [-0.39, 0.29) is 31.5 Å². The SMILES string of the molecule is Cc1ccc(COC(=O)CC(C)(C(=O)OCc2ccc(C)cc2)C(C)C)cc1. The van der Waals surface area contributed by atoms with E-state index in [9.17, 15) is 9.59 Å². The summed E-state index contributed by atoms with van der Waals surface area (Å²) in [5.41, 5.74) is 3.21. The molecule has 0 bridgehead atoms. The van der Waals surface area contributed by atoms with E-state index in [0.29, 0.717) is 0 Å². The van der Waals surface area contributed by atoms with Gasteiger partial charge in [-0.25, -0.2) is 0 Å². The van der Waals surface area contributed by atoms with Crippen LogP contribution in [0.1, 0.15) is 49.4 Å². The zero-order valence-corrected chi connectivity index (χ0v) is 17.5. The number of aryl methyl sites for hydroxylation is 2. The van der Waals surface area contributed by atoms with Gasteiger partial charge in [0.2, 0.25) is 0 Å². The Morgan fingerprint density at radius 3 is 1.68 bits per heavy atom. The zero-order chi connectivity index (χ0) is 20.7. The molecule has 0 N–H and O–H groups in total. The Labute approximate surface area is 167 Å². The van der Waals surface area contributed by atoms with Crippen molar-refractivity contribution in [3.8, 4) is 0 Å². The normalized spacial score (nSPS) is 13.1. The minimum atomic E-state index is -0.935. The van der Waals surface area contributed by atoms with Crippen molar-refractivity contribution >= 4 is 11.9 Å². The molecule has 150 valence electrons. The quantitative estimate of drug-likeness (QED) is 0.593. The Balaban J connectivity index is 1.94. The fourth-order valence-electron chi connectivity index (χ4n) is 2.71. The van der Waals surface area contributed by atoms with Crippen LogP contribution in [0, 0.1) is 25.2 Å². The first-order valence-corrected chi connectivity index (χ1v) is 9.64. The number of benzene rings is 2. The van der Waals surface area contributed by atoms with Gasteiger partial charge in [0.15, 0.2) is 0 Å². The highest BCUT2D eigenvalue weighted by molar-refractivity contribution is 5.83. The Morgan fingerprint density at radius 2 is 1.25 bits per heavy atom. The molecule has 2 aromatic rings. The monoisotopic (exact) mass is 382 g/mol. The molecule has 0 radical (unpaired) electrons. The largest absolute Gasteiger partial charge is 0.461 e. The predicted octanol–water partition coefficient (Wildman–Crippen LogP) is 5.14. The van der Waals surface area contributed by atoms with Crippen molar-refractivity contribution in [3.05, 3.63) is 70.8 Å². The minimum Gasteiger partial charge on any atom is -0.461 e. The van der Waals surface area contributed by atoms with Crippen molar-refractivity contribution in [2.45, 2.75) is 54.3 Å². The maximum absolute atomic E-state index is 12.8. The van der Waals surface area contributed by atoms with Gasteiger partial charge in [-0.2, -0.15) is 0 Å². The Hall–Kier alpha value is -2.62. The summed E-state index contributed by atoms with van der Waals surface area (Å²) in [6.45, 7) is 10.0. The Morgan fingerprint density at radius 1 is 0.821 bits per heavy atom. The summed E-state index contributed by atoms with van der Waals surface area (Å²) in [5.74, 6) is -0.843. The highest BCUT2D eigenvalue weighted by atomic mass is 16.5. The maximum atomic E-state index is 12.8. The number of rotatable bonds is 8. The van der Waals surface area contributed by atoms with Crippen LogP contribution in [0.25, 0.3) is 0 Å². The van der Waals surface area contributed by atoms with Crippen LogP contribution < -0.4 is 0 Å². The average Bonchev–Trinajstić information content (AvgIpc) is 2.66. The van der Waals surface area contributed by atoms with Gasteiger partial charge in [-0.05, 0) is 37.8 Å². The topological polar surface area (TPSA) is 52.6 Å². The molecule has 0 amide bonds. The van der Waals surface area contributed by atoms with E-state index in [1.54, 1.807) is 6.92 Å². The van der Waals surface area contributed by atoms with Crippen LogP contribution in [-0.2, 0) is 32.3 Å². The highest BCUT2D eigenvalue weighted by Gasteiger charge is 2.41. The van der Waals surface area contributed by atoms with E-state index in [1.807, 2.05) is 76.2 Å². The summed E-state index contributed by atoms with van der Waals surface area (Å²) >= 11 is 0. The van der Waals surface area contributed by atoms with Gasteiger partial charge in [0.1, 0.15) is 13.2 Å². The van der Waals surface area contributed by atoms with Crippen LogP contribution in [0.4, 0.5) is 0 Å². The Kier molecular flexibility index (Phi) is 7.38. The molecule has 1 atom stereocenters. The molecule has 0 saturated heterocycles. The van der Waals surface area contributed by atoms with Gasteiger partial charge >= 0.3 is 11.9 Å². The van der Waals surface area contributed by atoms with E-state index in [0.717, 1.165) is 22.3 Å². The number of hydrogen-bond donors (Lipinski definition) is 0. The summed E-state index contributed by atoms with van der Waals surface area (Å²) in [5, 5.41) is 0. The fourth-order valence-corrected chi connectivity index (χ4v) is 2.71. The first kappa shape index (κ1) is 21.7. The molecule has 0 aromatic heterocycles. The smallest absolute Gasteiger partial charge is 0.312 e. The lowest BCUT2D eigenvalue weighted by molar-refractivity contribution is -0.166. The molecular weight excluding hydrogens is 352 g/mol. The maximum Gasteiger partial charge on any atom is 0.312 e. The molecule has 0 saturated carbocycles. The summed E-state index contributed by atoms with van der Waals surface area (Å²) in [7, 11) is 0. The van der Waals surface area contributed by atoms with E-state index >= 15 is 0 Å². The lowest BCUT2D eigenvalue weighted by Gasteiger charge is -2.30. The molecule has 28 heavy (non-hydrogen) atoms. The van der Waals surface area contributed by atoms with Crippen LogP contribution in [0.5, 0.6) is 0 Å². The molecule has 0 aliphatic carbocycles. The molecular formula is C24H30O4. The molecule has 0 aliphatic rings. The zero-order valence-electron chi connectivity index (χ0n) is 17.5. The van der Waals surface area contributed by atoms with Crippen molar-refractivity contribution in [2.75, 3.05) is 0 Å². The fraction of sp³-hybridized carbons (Fsp3) is 0.417. The van der Waals surface area contributed by atoms with Crippen molar-refractivity contribution in [3.63, 3.8) is 0 Å². The molecule has 1 unspecified atom stereocenters. The molecule has 0 aliphatic heterocycles. The van der Waals surface area contributed by atoms with Gasteiger partial charge < -0.3 is 9.47 Å². The molecule has 0 heterocycles. The number of carbonyl (C=O) groups excluding carboxylic acids is 2. The standard InChI is InChI=1S/C24H30O4/c1-17(2)24(5,23(26)28-16-21-12-8-19(4)9-13-21)14-22(25)27-15-20-10-6-18(3)7-11-20/h6-13,17H,14-16H2,1-5H3. The molecule has 4 nitrogen and oxygen atoms in total. The molecule has 2 aromatic carbocycles. The van der Waals surface area contributed by atoms with Crippen molar-refractivity contribution in [1.82, 2.24) is 0 Å². The van der Waals surface area contributed by atoms with Crippen molar-refractivity contribution in [2.24, 2.45) is 11.3 Å². The van der Waals surface area contributed by atoms with Crippen molar-refractivity contribution < 1.29 is 19.1 Å². The second kappa shape index (κ2) is 9.54. The third-order valence-corrected chi connectivity index (χ3v) is 5.26. The summed E-state index contributed by atoms with van der Waals surface area (Å²) < 4.78 is 10.9. The van der Waals surface area contributed by atoms with Gasteiger partial charge in [0.05, 0.1) is 11.8 Å². The van der Waals surface area contributed by atoms with Crippen LogP contribution in [0.3, 0.4) is 0 Å². The summed E-state index contributed by atoms with van der Waals surface area (Å²) in [6.07, 6.45) is -0.0107. The second-order valence-corrected chi connectivity index (χ2v) is 7.96.